The molecule has 0 bridgehead atoms. The molecule has 3 aromatic rings. The van der Waals surface area contributed by atoms with Crippen LogP contribution in [-0.2, 0) is 12.8 Å². The lowest BCUT2D eigenvalue weighted by atomic mass is 10.1. The van der Waals surface area contributed by atoms with Gasteiger partial charge < -0.3 is 9.14 Å². The minimum atomic E-state index is -4.32. The topological polar surface area (TPSA) is 26.5 Å². The SMILES string of the molecule is Cc1cn2cccc(OCc3ccc(C(F)(F)F)cc3)c2n1. The first kappa shape index (κ1) is 14.4. The van der Waals surface area contributed by atoms with Gasteiger partial charge in [-0.05, 0) is 36.8 Å². The zero-order chi connectivity index (χ0) is 15.7. The second kappa shape index (κ2) is 5.36. The first-order chi connectivity index (χ1) is 10.4. The number of benzene rings is 1. The van der Waals surface area contributed by atoms with Crippen molar-refractivity contribution in [3.8, 4) is 5.75 Å². The third-order valence-electron chi connectivity index (χ3n) is 3.24. The maximum atomic E-state index is 12.5. The summed E-state index contributed by atoms with van der Waals surface area (Å²) in [5.41, 5.74) is 1.55. The van der Waals surface area contributed by atoms with Crippen molar-refractivity contribution in [1.82, 2.24) is 9.38 Å². The van der Waals surface area contributed by atoms with E-state index in [2.05, 4.69) is 4.98 Å². The first-order valence-electron chi connectivity index (χ1n) is 6.67. The summed E-state index contributed by atoms with van der Waals surface area (Å²) >= 11 is 0. The molecule has 0 aliphatic heterocycles. The molecule has 0 saturated heterocycles. The fourth-order valence-corrected chi connectivity index (χ4v) is 2.17. The van der Waals surface area contributed by atoms with E-state index in [0.29, 0.717) is 17.0 Å². The lowest BCUT2D eigenvalue weighted by Crippen LogP contribution is -2.05. The van der Waals surface area contributed by atoms with Crippen LogP contribution < -0.4 is 4.74 Å². The summed E-state index contributed by atoms with van der Waals surface area (Å²) in [4.78, 5) is 4.36. The highest BCUT2D eigenvalue weighted by Crippen LogP contribution is 2.29. The number of hydrogen-bond acceptors (Lipinski definition) is 2. The highest BCUT2D eigenvalue weighted by Gasteiger charge is 2.29. The molecule has 0 aliphatic rings. The Hall–Kier alpha value is -2.50. The van der Waals surface area contributed by atoms with Crippen molar-refractivity contribution in [3.05, 3.63) is 65.6 Å². The van der Waals surface area contributed by atoms with Crippen molar-refractivity contribution >= 4 is 5.65 Å². The van der Waals surface area contributed by atoms with Gasteiger partial charge in [0, 0.05) is 12.4 Å². The van der Waals surface area contributed by atoms with Crippen LogP contribution in [0.25, 0.3) is 5.65 Å². The number of aromatic nitrogens is 2. The van der Waals surface area contributed by atoms with Crippen LogP contribution in [0.4, 0.5) is 13.2 Å². The molecule has 3 rings (SSSR count). The van der Waals surface area contributed by atoms with Crippen LogP contribution in [0.2, 0.25) is 0 Å². The Morgan fingerprint density at radius 3 is 2.55 bits per heavy atom. The van der Waals surface area contributed by atoms with E-state index in [-0.39, 0.29) is 6.61 Å². The Kier molecular flexibility index (Phi) is 3.52. The zero-order valence-electron chi connectivity index (χ0n) is 11.8. The summed E-state index contributed by atoms with van der Waals surface area (Å²) < 4.78 is 45.0. The van der Waals surface area contributed by atoms with E-state index in [9.17, 15) is 13.2 Å². The van der Waals surface area contributed by atoms with Crippen LogP contribution >= 0.6 is 0 Å². The normalized spacial score (nSPS) is 11.8. The lowest BCUT2D eigenvalue weighted by Gasteiger charge is -2.09. The Morgan fingerprint density at radius 1 is 1.14 bits per heavy atom. The lowest BCUT2D eigenvalue weighted by molar-refractivity contribution is -0.137. The zero-order valence-corrected chi connectivity index (χ0v) is 11.8. The fraction of sp³-hybridized carbons (Fsp3) is 0.188. The number of ether oxygens (including phenoxy) is 1. The quantitative estimate of drug-likeness (QED) is 0.723. The van der Waals surface area contributed by atoms with Gasteiger partial charge in [-0.1, -0.05) is 12.1 Å². The predicted molar refractivity (Wildman–Crippen MR) is 75.7 cm³/mol. The van der Waals surface area contributed by atoms with Gasteiger partial charge in [0.1, 0.15) is 6.61 Å². The average Bonchev–Trinajstić information content (AvgIpc) is 2.85. The number of imidazole rings is 1. The molecule has 0 spiro atoms. The number of aryl methyl sites for hydroxylation is 1. The molecule has 114 valence electrons. The largest absolute Gasteiger partial charge is 0.485 e. The number of pyridine rings is 1. The number of hydrogen-bond donors (Lipinski definition) is 0. The fourth-order valence-electron chi connectivity index (χ4n) is 2.17. The first-order valence-corrected chi connectivity index (χ1v) is 6.67. The summed E-state index contributed by atoms with van der Waals surface area (Å²) in [7, 11) is 0. The second-order valence-corrected chi connectivity index (χ2v) is 4.97. The van der Waals surface area contributed by atoms with Crippen LogP contribution in [0.5, 0.6) is 5.75 Å². The molecule has 0 unspecified atom stereocenters. The van der Waals surface area contributed by atoms with Crippen molar-refractivity contribution in [2.75, 3.05) is 0 Å². The molecule has 6 heteroatoms. The molecule has 1 aromatic carbocycles. The average molecular weight is 306 g/mol. The molecule has 0 atom stereocenters. The van der Waals surface area contributed by atoms with Gasteiger partial charge in [-0.25, -0.2) is 4.98 Å². The molecule has 0 amide bonds. The maximum Gasteiger partial charge on any atom is 0.416 e. The molecule has 22 heavy (non-hydrogen) atoms. The van der Waals surface area contributed by atoms with Crippen molar-refractivity contribution in [2.45, 2.75) is 19.7 Å². The highest BCUT2D eigenvalue weighted by atomic mass is 19.4. The molecular formula is C16H13F3N2O. The predicted octanol–water partition coefficient (Wildman–Crippen LogP) is 4.24. The highest BCUT2D eigenvalue weighted by molar-refractivity contribution is 5.54. The van der Waals surface area contributed by atoms with Gasteiger partial charge in [0.15, 0.2) is 11.4 Å². The Labute approximate surface area is 125 Å². The minimum absolute atomic E-state index is 0.184. The molecule has 0 N–H and O–H groups in total. The van der Waals surface area contributed by atoms with Gasteiger partial charge in [-0.3, -0.25) is 0 Å². The Morgan fingerprint density at radius 2 is 1.86 bits per heavy atom. The molecule has 0 fully saturated rings. The van der Waals surface area contributed by atoms with Crippen LogP contribution in [0.15, 0.2) is 48.8 Å². The van der Waals surface area contributed by atoms with E-state index in [1.807, 2.05) is 29.8 Å². The number of rotatable bonds is 3. The minimum Gasteiger partial charge on any atom is -0.485 e. The van der Waals surface area contributed by atoms with Gasteiger partial charge in [-0.15, -0.1) is 0 Å². The third kappa shape index (κ3) is 2.90. The van der Waals surface area contributed by atoms with Crippen molar-refractivity contribution < 1.29 is 17.9 Å². The Bertz CT molecular complexity index is 791. The summed E-state index contributed by atoms with van der Waals surface area (Å²) in [6.45, 7) is 2.07. The monoisotopic (exact) mass is 306 g/mol. The van der Waals surface area contributed by atoms with Crippen molar-refractivity contribution in [1.29, 1.82) is 0 Å². The summed E-state index contributed by atoms with van der Waals surface area (Å²) in [5.74, 6) is 0.593. The molecule has 0 aliphatic carbocycles. The summed E-state index contributed by atoms with van der Waals surface area (Å²) in [6, 6.07) is 8.56. The van der Waals surface area contributed by atoms with E-state index < -0.39 is 11.7 Å². The molecule has 2 aromatic heterocycles. The number of fused-ring (bicyclic) bond motifs is 1. The number of nitrogens with zero attached hydrogens (tertiary/aromatic N) is 2. The van der Waals surface area contributed by atoms with Gasteiger partial charge in [0.2, 0.25) is 0 Å². The van der Waals surface area contributed by atoms with E-state index >= 15 is 0 Å². The van der Waals surface area contributed by atoms with Crippen molar-refractivity contribution in [2.24, 2.45) is 0 Å². The standard InChI is InChI=1S/C16H13F3N2O/c1-11-9-21-8-2-3-14(15(21)20-11)22-10-12-4-6-13(7-5-12)16(17,18)19/h2-9H,10H2,1H3. The third-order valence-corrected chi connectivity index (χ3v) is 3.24. The van der Waals surface area contributed by atoms with Crippen LogP contribution in [0.3, 0.4) is 0 Å². The maximum absolute atomic E-state index is 12.5. The van der Waals surface area contributed by atoms with E-state index in [1.165, 1.54) is 12.1 Å². The summed E-state index contributed by atoms with van der Waals surface area (Å²) in [5, 5.41) is 0. The number of alkyl halides is 3. The van der Waals surface area contributed by atoms with Crippen molar-refractivity contribution in [3.63, 3.8) is 0 Å². The van der Waals surface area contributed by atoms with Gasteiger partial charge in [0.25, 0.3) is 0 Å². The molecule has 3 nitrogen and oxygen atoms in total. The molecular weight excluding hydrogens is 293 g/mol. The Balaban J connectivity index is 1.77. The van der Waals surface area contributed by atoms with E-state index in [1.54, 1.807) is 6.07 Å². The second-order valence-electron chi connectivity index (χ2n) is 4.97. The summed E-state index contributed by atoms with van der Waals surface area (Å²) in [6.07, 6.45) is -0.584. The van der Waals surface area contributed by atoms with Crippen LogP contribution in [-0.4, -0.2) is 9.38 Å². The van der Waals surface area contributed by atoms with Gasteiger partial charge >= 0.3 is 6.18 Å². The number of halogens is 3. The molecule has 0 saturated carbocycles. The van der Waals surface area contributed by atoms with Gasteiger partial charge in [0.05, 0.1) is 11.3 Å². The van der Waals surface area contributed by atoms with Gasteiger partial charge in [-0.2, -0.15) is 13.2 Å². The van der Waals surface area contributed by atoms with E-state index in [4.69, 9.17) is 4.74 Å². The van der Waals surface area contributed by atoms with Crippen LogP contribution in [0, 0.1) is 6.92 Å². The van der Waals surface area contributed by atoms with Crippen LogP contribution in [0.1, 0.15) is 16.8 Å². The van der Waals surface area contributed by atoms with E-state index in [0.717, 1.165) is 17.8 Å². The molecule has 0 radical (unpaired) electrons. The smallest absolute Gasteiger partial charge is 0.416 e. The molecule has 2 heterocycles.